The smallest absolute Gasteiger partial charge is 0.251 e. The molecule has 0 saturated carbocycles. The normalized spacial score (nSPS) is 14.5. The van der Waals surface area contributed by atoms with Crippen molar-refractivity contribution in [3.05, 3.63) is 65.7 Å². The highest BCUT2D eigenvalue weighted by atomic mass is 16.2. The summed E-state index contributed by atoms with van der Waals surface area (Å²) in [5, 5.41) is 5.70. The van der Waals surface area contributed by atoms with E-state index in [2.05, 4.69) is 21.6 Å². The molecule has 5 heteroatoms. The molecule has 0 radical (unpaired) electrons. The van der Waals surface area contributed by atoms with Gasteiger partial charge in [0.1, 0.15) is 0 Å². The maximum absolute atomic E-state index is 12.2. The molecule has 3 rings (SSSR count). The lowest BCUT2D eigenvalue weighted by molar-refractivity contribution is -0.116. The molecule has 0 aliphatic carbocycles. The SMILES string of the molecule is O=C(CCNC(=O)c1ccccc1)Nc1cccc(CN2CCCCC2)c1. The Bertz CT molecular complexity index is 755. The second kappa shape index (κ2) is 9.88. The summed E-state index contributed by atoms with van der Waals surface area (Å²) in [5.74, 6) is -0.259. The highest BCUT2D eigenvalue weighted by molar-refractivity contribution is 5.95. The van der Waals surface area contributed by atoms with E-state index in [0.29, 0.717) is 12.1 Å². The fourth-order valence-corrected chi connectivity index (χ4v) is 3.33. The minimum atomic E-state index is -0.160. The molecule has 1 saturated heterocycles. The molecule has 2 amide bonds. The first-order valence-electron chi connectivity index (χ1n) is 9.65. The highest BCUT2D eigenvalue weighted by Crippen LogP contribution is 2.16. The molecule has 1 aliphatic heterocycles. The van der Waals surface area contributed by atoms with Crippen LogP contribution in [0.5, 0.6) is 0 Å². The van der Waals surface area contributed by atoms with Crippen LogP contribution in [0.15, 0.2) is 54.6 Å². The van der Waals surface area contributed by atoms with E-state index < -0.39 is 0 Å². The molecule has 2 aromatic carbocycles. The number of hydrogen-bond donors (Lipinski definition) is 2. The predicted octanol–water partition coefficient (Wildman–Crippen LogP) is 3.43. The van der Waals surface area contributed by atoms with Crippen molar-refractivity contribution in [2.75, 3.05) is 25.0 Å². The van der Waals surface area contributed by atoms with Crippen molar-refractivity contribution in [3.8, 4) is 0 Å². The van der Waals surface area contributed by atoms with Crippen LogP contribution in [0.1, 0.15) is 41.6 Å². The van der Waals surface area contributed by atoms with Gasteiger partial charge in [0.15, 0.2) is 0 Å². The number of likely N-dealkylation sites (tertiary alicyclic amines) is 1. The number of benzene rings is 2. The largest absolute Gasteiger partial charge is 0.352 e. The number of nitrogens with zero attached hydrogens (tertiary/aromatic N) is 1. The summed E-state index contributed by atoms with van der Waals surface area (Å²) in [5.41, 5.74) is 2.62. The molecule has 1 heterocycles. The van der Waals surface area contributed by atoms with Gasteiger partial charge in [0.25, 0.3) is 5.91 Å². The summed E-state index contributed by atoms with van der Waals surface area (Å²) in [6.07, 6.45) is 4.11. The van der Waals surface area contributed by atoms with Crippen LogP contribution in [0.2, 0.25) is 0 Å². The minimum Gasteiger partial charge on any atom is -0.352 e. The lowest BCUT2D eigenvalue weighted by atomic mass is 10.1. The predicted molar refractivity (Wildman–Crippen MR) is 108 cm³/mol. The molecule has 0 unspecified atom stereocenters. The van der Waals surface area contributed by atoms with Crippen LogP contribution in [0.4, 0.5) is 5.69 Å². The van der Waals surface area contributed by atoms with E-state index in [-0.39, 0.29) is 18.2 Å². The van der Waals surface area contributed by atoms with Gasteiger partial charge < -0.3 is 10.6 Å². The second-order valence-corrected chi connectivity index (χ2v) is 6.96. The van der Waals surface area contributed by atoms with Gasteiger partial charge in [0.05, 0.1) is 0 Å². The maximum Gasteiger partial charge on any atom is 0.251 e. The van der Waals surface area contributed by atoms with E-state index in [1.165, 1.54) is 24.8 Å². The van der Waals surface area contributed by atoms with Crippen LogP contribution in [-0.2, 0) is 11.3 Å². The minimum absolute atomic E-state index is 0.0986. The van der Waals surface area contributed by atoms with E-state index in [1.807, 2.05) is 36.4 Å². The van der Waals surface area contributed by atoms with Gasteiger partial charge in [0, 0.05) is 30.8 Å². The molecule has 0 bridgehead atoms. The zero-order valence-corrected chi connectivity index (χ0v) is 15.6. The van der Waals surface area contributed by atoms with Gasteiger partial charge in [0.2, 0.25) is 5.91 Å². The number of nitrogens with one attached hydrogen (secondary N) is 2. The van der Waals surface area contributed by atoms with E-state index >= 15 is 0 Å². The number of carbonyl (C=O) groups is 2. The number of rotatable bonds is 7. The first-order valence-corrected chi connectivity index (χ1v) is 9.65. The Morgan fingerprint density at radius 3 is 2.48 bits per heavy atom. The highest BCUT2D eigenvalue weighted by Gasteiger charge is 2.11. The van der Waals surface area contributed by atoms with Crippen LogP contribution in [0.3, 0.4) is 0 Å². The van der Waals surface area contributed by atoms with Crippen LogP contribution >= 0.6 is 0 Å². The molecular weight excluding hydrogens is 338 g/mol. The molecular formula is C22H27N3O2. The van der Waals surface area contributed by atoms with Crippen LogP contribution in [0, 0.1) is 0 Å². The Labute approximate surface area is 160 Å². The molecule has 0 atom stereocenters. The van der Waals surface area contributed by atoms with Crippen molar-refractivity contribution in [1.82, 2.24) is 10.2 Å². The Hall–Kier alpha value is -2.66. The summed E-state index contributed by atoms with van der Waals surface area (Å²) < 4.78 is 0. The lowest BCUT2D eigenvalue weighted by Gasteiger charge is -2.26. The molecule has 2 N–H and O–H groups in total. The third-order valence-electron chi connectivity index (χ3n) is 4.74. The summed E-state index contributed by atoms with van der Waals surface area (Å²) >= 11 is 0. The summed E-state index contributed by atoms with van der Waals surface area (Å²) in [4.78, 5) is 26.6. The second-order valence-electron chi connectivity index (χ2n) is 6.96. The molecule has 1 fully saturated rings. The van der Waals surface area contributed by atoms with Crippen LogP contribution in [0.25, 0.3) is 0 Å². The molecule has 27 heavy (non-hydrogen) atoms. The summed E-state index contributed by atoms with van der Waals surface area (Å²) in [6, 6.07) is 17.0. The van der Waals surface area contributed by atoms with Crippen molar-refractivity contribution in [2.24, 2.45) is 0 Å². The third-order valence-corrected chi connectivity index (χ3v) is 4.74. The van der Waals surface area contributed by atoms with E-state index in [4.69, 9.17) is 0 Å². The van der Waals surface area contributed by atoms with Crippen molar-refractivity contribution < 1.29 is 9.59 Å². The van der Waals surface area contributed by atoms with Crippen molar-refractivity contribution in [3.63, 3.8) is 0 Å². The van der Waals surface area contributed by atoms with Gasteiger partial charge in [-0.15, -0.1) is 0 Å². The average molecular weight is 365 g/mol. The fraction of sp³-hybridized carbons (Fsp3) is 0.364. The van der Waals surface area contributed by atoms with E-state index in [9.17, 15) is 9.59 Å². The molecule has 2 aromatic rings. The van der Waals surface area contributed by atoms with Gasteiger partial charge in [-0.25, -0.2) is 0 Å². The molecule has 0 aromatic heterocycles. The summed E-state index contributed by atoms with van der Waals surface area (Å²) in [6.45, 7) is 3.54. The van der Waals surface area contributed by atoms with Gasteiger partial charge in [-0.1, -0.05) is 36.8 Å². The maximum atomic E-state index is 12.2. The number of anilines is 1. The van der Waals surface area contributed by atoms with E-state index in [1.54, 1.807) is 12.1 Å². The molecule has 0 spiro atoms. The molecule has 142 valence electrons. The van der Waals surface area contributed by atoms with Crippen molar-refractivity contribution in [2.45, 2.75) is 32.2 Å². The quantitative estimate of drug-likeness (QED) is 0.790. The lowest BCUT2D eigenvalue weighted by Crippen LogP contribution is -2.29. The zero-order chi connectivity index (χ0) is 18.9. The van der Waals surface area contributed by atoms with Crippen LogP contribution < -0.4 is 10.6 Å². The van der Waals surface area contributed by atoms with Gasteiger partial charge in [-0.05, 0) is 55.8 Å². The van der Waals surface area contributed by atoms with Gasteiger partial charge in [-0.3, -0.25) is 14.5 Å². The zero-order valence-electron chi connectivity index (χ0n) is 15.6. The Morgan fingerprint density at radius 2 is 1.70 bits per heavy atom. The Balaban J connectivity index is 1.43. The topological polar surface area (TPSA) is 61.4 Å². The van der Waals surface area contributed by atoms with Crippen molar-refractivity contribution in [1.29, 1.82) is 0 Å². The molecule has 5 nitrogen and oxygen atoms in total. The summed E-state index contributed by atoms with van der Waals surface area (Å²) in [7, 11) is 0. The third kappa shape index (κ3) is 6.22. The van der Waals surface area contributed by atoms with E-state index in [0.717, 1.165) is 25.3 Å². The van der Waals surface area contributed by atoms with Gasteiger partial charge in [-0.2, -0.15) is 0 Å². The first kappa shape index (κ1) is 19.1. The van der Waals surface area contributed by atoms with Crippen molar-refractivity contribution >= 4 is 17.5 Å². The Kier molecular flexibility index (Phi) is 6.99. The standard InChI is InChI=1S/C22H27N3O2/c26-21(12-13-23-22(27)19-9-3-1-4-10-19)24-20-11-7-8-18(16-20)17-25-14-5-2-6-15-25/h1,3-4,7-11,16H,2,5-6,12-15,17H2,(H,23,27)(H,24,26). The first-order chi connectivity index (χ1) is 13.2. The monoisotopic (exact) mass is 365 g/mol. The number of hydrogen-bond acceptors (Lipinski definition) is 3. The fourth-order valence-electron chi connectivity index (χ4n) is 3.33. The number of piperidine rings is 1. The molecule has 1 aliphatic rings. The number of carbonyl (C=O) groups excluding carboxylic acids is 2. The van der Waals surface area contributed by atoms with Gasteiger partial charge >= 0.3 is 0 Å². The number of amides is 2. The average Bonchev–Trinajstić information content (AvgIpc) is 2.69. The van der Waals surface area contributed by atoms with Crippen LogP contribution in [-0.4, -0.2) is 36.3 Å². The Morgan fingerprint density at radius 1 is 0.926 bits per heavy atom.